The molecule has 1 saturated carbocycles. The van der Waals surface area contributed by atoms with Gasteiger partial charge in [0.15, 0.2) is 0 Å². The number of carbonyl (C=O) groups is 1. The molecule has 0 saturated heterocycles. The second-order valence-corrected chi connectivity index (χ2v) is 5.63. The van der Waals surface area contributed by atoms with E-state index in [1.54, 1.807) is 12.4 Å². The summed E-state index contributed by atoms with van der Waals surface area (Å²) in [6.07, 6.45) is 9.97. The molecule has 116 valence electrons. The molecule has 1 aliphatic carbocycles. The zero-order valence-corrected chi connectivity index (χ0v) is 12.8. The molecule has 1 aliphatic rings. The minimum absolute atomic E-state index is 0.122. The number of pyridine rings is 1. The Morgan fingerprint density at radius 3 is 2.57 bits per heavy atom. The van der Waals surface area contributed by atoms with Crippen LogP contribution in [0.4, 0.5) is 0 Å². The Kier molecular flexibility index (Phi) is 6.18. The molecule has 0 bridgehead atoms. The molecule has 1 fully saturated rings. The number of carbonyl (C=O) groups excluding carboxylic acids is 1. The lowest BCUT2D eigenvalue weighted by atomic mass is 9.97. The molecule has 0 amide bonds. The number of hydrogen-bond acceptors (Lipinski definition) is 4. The highest BCUT2D eigenvalue weighted by Gasteiger charge is 2.52. The summed E-state index contributed by atoms with van der Waals surface area (Å²) in [5.74, 6) is -0.122. The van der Waals surface area contributed by atoms with E-state index in [9.17, 15) is 4.79 Å². The fourth-order valence-electron chi connectivity index (χ4n) is 2.47. The van der Waals surface area contributed by atoms with Crippen LogP contribution < -0.4 is 0 Å². The fourth-order valence-corrected chi connectivity index (χ4v) is 2.47. The molecule has 1 heterocycles. The summed E-state index contributed by atoms with van der Waals surface area (Å²) in [6.45, 7) is 3.79. The number of esters is 1. The van der Waals surface area contributed by atoms with Crippen molar-refractivity contribution >= 4 is 5.97 Å². The van der Waals surface area contributed by atoms with E-state index in [1.165, 1.54) is 19.3 Å². The average Bonchev–Trinajstić information content (AvgIpc) is 3.32. The SMILES string of the molecule is CCCCCCOCCOC(=O)C1(c2ccncc2)CC1. The Morgan fingerprint density at radius 1 is 1.14 bits per heavy atom. The highest BCUT2D eigenvalue weighted by Crippen LogP contribution is 2.48. The largest absolute Gasteiger partial charge is 0.463 e. The van der Waals surface area contributed by atoms with Gasteiger partial charge in [0.25, 0.3) is 0 Å². The molecule has 21 heavy (non-hydrogen) atoms. The molecule has 2 rings (SSSR count). The van der Waals surface area contributed by atoms with Gasteiger partial charge in [0.2, 0.25) is 0 Å². The summed E-state index contributed by atoms with van der Waals surface area (Å²) in [5.41, 5.74) is 0.604. The van der Waals surface area contributed by atoms with Crippen LogP contribution in [0.25, 0.3) is 0 Å². The maximum atomic E-state index is 12.2. The summed E-state index contributed by atoms with van der Waals surface area (Å²) in [5, 5.41) is 0. The van der Waals surface area contributed by atoms with E-state index < -0.39 is 5.41 Å². The Bertz CT molecular complexity index is 429. The standard InChI is InChI=1S/C17H25NO3/c1-2-3-4-5-12-20-13-14-21-16(19)17(8-9-17)15-6-10-18-11-7-15/h6-7,10-11H,2-5,8-9,12-14H2,1H3. The van der Waals surface area contributed by atoms with Gasteiger partial charge in [0.1, 0.15) is 6.61 Å². The lowest BCUT2D eigenvalue weighted by molar-refractivity contribution is -0.148. The van der Waals surface area contributed by atoms with Gasteiger partial charge in [-0.05, 0) is 37.0 Å². The van der Waals surface area contributed by atoms with Crippen LogP contribution >= 0.6 is 0 Å². The first kappa shape index (κ1) is 16.0. The van der Waals surface area contributed by atoms with Crippen molar-refractivity contribution in [2.75, 3.05) is 19.8 Å². The van der Waals surface area contributed by atoms with Crippen molar-refractivity contribution in [2.45, 2.75) is 50.9 Å². The van der Waals surface area contributed by atoms with Crippen molar-refractivity contribution in [3.05, 3.63) is 30.1 Å². The number of rotatable bonds is 10. The van der Waals surface area contributed by atoms with Gasteiger partial charge >= 0.3 is 5.97 Å². The first-order valence-electron chi connectivity index (χ1n) is 7.95. The second-order valence-electron chi connectivity index (χ2n) is 5.63. The highest BCUT2D eigenvalue weighted by molar-refractivity contribution is 5.86. The van der Waals surface area contributed by atoms with Gasteiger partial charge in [-0.15, -0.1) is 0 Å². The smallest absolute Gasteiger partial charge is 0.316 e. The summed E-state index contributed by atoms with van der Waals surface area (Å²) in [6, 6.07) is 3.80. The van der Waals surface area contributed by atoms with E-state index in [2.05, 4.69) is 11.9 Å². The van der Waals surface area contributed by atoms with E-state index >= 15 is 0 Å². The van der Waals surface area contributed by atoms with Gasteiger partial charge in [-0.2, -0.15) is 0 Å². The van der Waals surface area contributed by atoms with Crippen molar-refractivity contribution in [1.29, 1.82) is 0 Å². The second kappa shape index (κ2) is 8.13. The Labute approximate surface area is 126 Å². The zero-order chi connectivity index (χ0) is 15.0. The third-order valence-electron chi connectivity index (χ3n) is 3.98. The molecule has 4 nitrogen and oxygen atoms in total. The Morgan fingerprint density at radius 2 is 1.90 bits per heavy atom. The van der Waals surface area contributed by atoms with Crippen LogP contribution in [0.2, 0.25) is 0 Å². The minimum atomic E-state index is -0.413. The molecular weight excluding hydrogens is 266 g/mol. The van der Waals surface area contributed by atoms with E-state index in [-0.39, 0.29) is 5.97 Å². The summed E-state index contributed by atoms with van der Waals surface area (Å²) >= 11 is 0. The molecule has 0 atom stereocenters. The molecule has 0 radical (unpaired) electrons. The maximum absolute atomic E-state index is 12.2. The normalized spacial score (nSPS) is 15.7. The highest BCUT2D eigenvalue weighted by atomic mass is 16.6. The number of hydrogen-bond donors (Lipinski definition) is 0. The van der Waals surface area contributed by atoms with E-state index in [1.807, 2.05) is 12.1 Å². The van der Waals surface area contributed by atoms with Gasteiger partial charge < -0.3 is 9.47 Å². The van der Waals surface area contributed by atoms with E-state index in [0.717, 1.165) is 31.4 Å². The maximum Gasteiger partial charge on any atom is 0.316 e. The molecule has 1 aromatic rings. The van der Waals surface area contributed by atoms with Gasteiger partial charge in [-0.1, -0.05) is 26.2 Å². The number of unbranched alkanes of at least 4 members (excludes halogenated alkanes) is 3. The van der Waals surface area contributed by atoms with Gasteiger partial charge in [0, 0.05) is 19.0 Å². The van der Waals surface area contributed by atoms with Gasteiger partial charge in [-0.3, -0.25) is 9.78 Å². The summed E-state index contributed by atoms with van der Waals surface area (Å²) in [7, 11) is 0. The van der Waals surface area contributed by atoms with Crippen molar-refractivity contribution in [3.8, 4) is 0 Å². The van der Waals surface area contributed by atoms with Crippen LogP contribution in [0.1, 0.15) is 51.0 Å². The summed E-state index contributed by atoms with van der Waals surface area (Å²) < 4.78 is 10.8. The van der Waals surface area contributed by atoms with Crippen molar-refractivity contribution < 1.29 is 14.3 Å². The van der Waals surface area contributed by atoms with Crippen LogP contribution in [-0.4, -0.2) is 30.8 Å². The lowest BCUT2D eigenvalue weighted by Gasteiger charge is -2.14. The molecule has 1 aromatic heterocycles. The minimum Gasteiger partial charge on any atom is -0.463 e. The monoisotopic (exact) mass is 291 g/mol. The topological polar surface area (TPSA) is 48.4 Å². The number of ether oxygens (including phenoxy) is 2. The van der Waals surface area contributed by atoms with Gasteiger partial charge in [-0.25, -0.2) is 0 Å². The predicted octanol–water partition coefficient (Wildman–Crippen LogP) is 3.25. The van der Waals surface area contributed by atoms with E-state index in [4.69, 9.17) is 9.47 Å². The van der Waals surface area contributed by atoms with Crippen molar-refractivity contribution in [2.24, 2.45) is 0 Å². The molecule has 4 heteroatoms. The molecule has 0 aromatic carbocycles. The average molecular weight is 291 g/mol. The third-order valence-corrected chi connectivity index (χ3v) is 3.98. The Balaban J connectivity index is 1.62. The molecule has 0 aliphatic heterocycles. The zero-order valence-electron chi connectivity index (χ0n) is 12.8. The first-order chi connectivity index (χ1) is 10.3. The van der Waals surface area contributed by atoms with Crippen LogP contribution in [0, 0.1) is 0 Å². The Hall–Kier alpha value is -1.42. The van der Waals surface area contributed by atoms with Crippen molar-refractivity contribution in [1.82, 2.24) is 4.98 Å². The van der Waals surface area contributed by atoms with Gasteiger partial charge in [0.05, 0.1) is 12.0 Å². The van der Waals surface area contributed by atoms with Crippen LogP contribution in [-0.2, 0) is 19.7 Å². The predicted molar refractivity (Wildman–Crippen MR) is 81.1 cm³/mol. The van der Waals surface area contributed by atoms with Crippen molar-refractivity contribution in [3.63, 3.8) is 0 Å². The lowest BCUT2D eigenvalue weighted by Crippen LogP contribution is -2.24. The quantitative estimate of drug-likeness (QED) is 0.490. The third kappa shape index (κ3) is 4.53. The first-order valence-corrected chi connectivity index (χ1v) is 7.95. The van der Waals surface area contributed by atoms with Crippen LogP contribution in [0.5, 0.6) is 0 Å². The van der Waals surface area contributed by atoms with Crippen LogP contribution in [0.15, 0.2) is 24.5 Å². The molecule has 0 N–H and O–H groups in total. The molecule has 0 unspecified atom stereocenters. The van der Waals surface area contributed by atoms with E-state index in [0.29, 0.717) is 13.2 Å². The summed E-state index contributed by atoms with van der Waals surface area (Å²) in [4.78, 5) is 16.2. The molecule has 0 spiro atoms. The fraction of sp³-hybridized carbons (Fsp3) is 0.647. The van der Waals surface area contributed by atoms with Crippen LogP contribution in [0.3, 0.4) is 0 Å². The number of aromatic nitrogens is 1. The molecular formula is C17H25NO3. The number of nitrogens with zero attached hydrogens (tertiary/aromatic N) is 1.